The molecular weight excluding hydrogens is 278 g/mol. The SMILES string of the molecule is Cc1cc(C)n(C[C@H]2CCCN2Cc2nc(C3CC3)no2)n1. The lowest BCUT2D eigenvalue weighted by Gasteiger charge is -2.23. The van der Waals surface area contributed by atoms with E-state index in [4.69, 9.17) is 4.52 Å². The van der Waals surface area contributed by atoms with Crippen molar-refractivity contribution < 1.29 is 4.52 Å². The van der Waals surface area contributed by atoms with E-state index >= 15 is 0 Å². The Kier molecular flexibility index (Phi) is 3.48. The molecule has 1 saturated heterocycles. The fraction of sp³-hybridized carbons (Fsp3) is 0.688. The minimum absolute atomic E-state index is 0.509. The molecule has 0 unspecified atom stereocenters. The van der Waals surface area contributed by atoms with E-state index in [-0.39, 0.29) is 0 Å². The summed E-state index contributed by atoms with van der Waals surface area (Å²) in [5, 5.41) is 8.71. The van der Waals surface area contributed by atoms with Crippen molar-refractivity contribution in [2.45, 2.75) is 64.6 Å². The molecule has 0 spiro atoms. The number of likely N-dealkylation sites (tertiary alicyclic amines) is 1. The van der Waals surface area contributed by atoms with Crippen molar-refractivity contribution in [1.29, 1.82) is 0 Å². The number of rotatable bonds is 5. The first-order valence-electron chi connectivity index (χ1n) is 8.26. The first-order chi connectivity index (χ1) is 10.7. The average Bonchev–Trinajstić information content (AvgIpc) is 2.93. The van der Waals surface area contributed by atoms with Crippen molar-refractivity contribution in [3.63, 3.8) is 0 Å². The van der Waals surface area contributed by atoms with Gasteiger partial charge in [0, 0.05) is 17.7 Å². The number of aryl methyl sites for hydroxylation is 2. The average molecular weight is 301 g/mol. The summed E-state index contributed by atoms with van der Waals surface area (Å²) in [4.78, 5) is 7.02. The Morgan fingerprint density at radius 2 is 2.14 bits per heavy atom. The van der Waals surface area contributed by atoms with Crippen LogP contribution in [0.5, 0.6) is 0 Å². The smallest absolute Gasteiger partial charge is 0.240 e. The maximum Gasteiger partial charge on any atom is 0.240 e. The van der Waals surface area contributed by atoms with Crippen molar-refractivity contribution in [2.75, 3.05) is 6.54 Å². The molecule has 4 rings (SSSR count). The van der Waals surface area contributed by atoms with Crippen LogP contribution in [0.2, 0.25) is 0 Å². The van der Waals surface area contributed by atoms with Gasteiger partial charge in [-0.05, 0) is 52.1 Å². The molecule has 3 heterocycles. The summed E-state index contributed by atoms with van der Waals surface area (Å²) in [5.41, 5.74) is 2.33. The molecule has 0 aromatic carbocycles. The van der Waals surface area contributed by atoms with Crippen LogP contribution < -0.4 is 0 Å². The van der Waals surface area contributed by atoms with Gasteiger partial charge < -0.3 is 4.52 Å². The monoisotopic (exact) mass is 301 g/mol. The van der Waals surface area contributed by atoms with Gasteiger partial charge in [-0.25, -0.2) is 0 Å². The highest BCUT2D eigenvalue weighted by Gasteiger charge is 2.31. The molecule has 0 bridgehead atoms. The summed E-state index contributed by atoms with van der Waals surface area (Å²) >= 11 is 0. The molecule has 0 radical (unpaired) electrons. The zero-order valence-electron chi connectivity index (χ0n) is 13.3. The lowest BCUT2D eigenvalue weighted by Crippen LogP contribution is -2.33. The summed E-state index contributed by atoms with van der Waals surface area (Å²) in [6.07, 6.45) is 4.86. The molecule has 6 heteroatoms. The maximum absolute atomic E-state index is 5.43. The Morgan fingerprint density at radius 3 is 2.86 bits per heavy atom. The van der Waals surface area contributed by atoms with E-state index < -0.39 is 0 Å². The summed E-state index contributed by atoms with van der Waals surface area (Å²) in [6.45, 7) is 6.99. The van der Waals surface area contributed by atoms with Crippen molar-refractivity contribution >= 4 is 0 Å². The molecule has 6 nitrogen and oxygen atoms in total. The van der Waals surface area contributed by atoms with E-state index in [2.05, 4.69) is 37.8 Å². The van der Waals surface area contributed by atoms with E-state index in [1.54, 1.807) is 0 Å². The fourth-order valence-corrected chi connectivity index (χ4v) is 3.38. The van der Waals surface area contributed by atoms with Crippen molar-refractivity contribution in [3.8, 4) is 0 Å². The van der Waals surface area contributed by atoms with Crippen LogP contribution in [0.4, 0.5) is 0 Å². The normalized spacial score (nSPS) is 22.5. The molecule has 0 amide bonds. The van der Waals surface area contributed by atoms with E-state index in [9.17, 15) is 0 Å². The second-order valence-corrected chi connectivity index (χ2v) is 6.70. The molecule has 1 aliphatic heterocycles. The minimum atomic E-state index is 0.509. The van der Waals surface area contributed by atoms with Gasteiger partial charge in [0.05, 0.1) is 18.8 Å². The number of hydrogen-bond acceptors (Lipinski definition) is 5. The predicted octanol–water partition coefficient (Wildman–Crippen LogP) is 2.42. The van der Waals surface area contributed by atoms with Crippen LogP contribution in [0.1, 0.15) is 54.7 Å². The van der Waals surface area contributed by atoms with Gasteiger partial charge in [0.25, 0.3) is 0 Å². The van der Waals surface area contributed by atoms with Crippen LogP contribution in [-0.4, -0.2) is 37.4 Å². The van der Waals surface area contributed by atoms with Gasteiger partial charge in [0.15, 0.2) is 5.82 Å². The van der Waals surface area contributed by atoms with Crippen LogP contribution in [0.3, 0.4) is 0 Å². The van der Waals surface area contributed by atoms with E-state index in [1.807, 2.05) is 6.92 Å². The summed E-state index contributed by atoms with van der Waals surface area (Å²) in [5.74, 6) is 2.23. The Morgan fingerprint density at radius 1 is 1.27 bits per heavy atom. The Labute approximate surface area is 130 Å². The standard InChI is InChI=1S/C16H23N5O/c1-11-8-12(2)21(18-11)9-14-4-3-7-20(14)10-15-17-16(19-22-15)13-5-6-13/h8,13-14H,3-7,9-10H2,1-2H3/t14-/m1/s1. The van der Waals surface area contributed by atoms with Gasteiger partial charge in [-0.2, -0.15) is 10.1 Å². The summed E-state index contributed by atoms with van der Waals surface area (Å²) < 4.78 is 7.56. The Balaban J connectivity index is 1.42. The van der Waals surface area contributed by atoms with Crippen LogP contribution in [0.15, 0.2) is 10.6 Å². The second-order valence-electron chi connectivity index (χ2n) is 6.70. The van der Waals surface area contributed by atoms with Gasteiger partial charge in [0.2, 0.25) is 5.89 Å². The largest absolute Gasteiger partial charge is 0.338 e. The van der Waals surface area contributed by atoms with Crippen molar-refractivity contribution in [1.82, 2.24) is 24.8 Å². The zero-order valence-corrected chi connectivity index (χ0v) is 13.3. The second kappa shape index (κ2) is 5.50. The van der Waals surface area contributed by atoms with E-state index in [0.717, 1.165) is 37.0 Å². The molecule has 0 N–H and O–H groups in total. The molecule has 118 valence electrons. The lowest BCUT2D eigenvalue weighted by molar-refractivity contribution is 0.191. The molecule has 2 fully saturated rings. The van der Waals surface area contributed by atoms with Crippen LogP contribution >= 0.6 is 0 Å². The minimum Gasteiger partial charge on any atom is -0.338 e. The quantitative estimate of drug-likeness (QED) is 0.849. The summed E-state index contributed by atoms with van der Waals surface area (Å²) in [6, 6.07) is 2.65. The van der Waals surface area contributed by atoms with Gasteiger partial charge in [-0.15, -0.1) is 0 Å². The third-order valence-corrected chi connectivity index (χ3v) is 4.75. The number of hydrogen-bond donors (Lipinski definition) is 0. The van der Waals surface area contributed by atoms with Crippen LogP contribution in [0.25, 0.3) is 0 Å². The third kappa shape index (κ3) is 2.79. The highest BCUT2D eigenvalue weighted by molar-refractivity contribution is 5.07. The fourth-order valence-electron chi connectivity index (χ4n) is 3.38. The first-order valence-corrected chi connectivity index (χ1v) is 8.26. The Hall–Kier alpha value is -1.69. The van der Waals surface area contributed by atoms with Gasteiger partial charge in [0.1, 0.15) is 0 Å². The van der Waals surface area contributed by atoms with Gasteiger partial charge >= 0.3 is 0 Å². The molecule has 1 atom stereocenters. The Bertz CT molecular complexity index is 657. The van der Waals surface area contributed by atoms with Crippen LogP contribution in [-0.2, 0) is 13.1 Å². The van der Waals surface area contributed by atoms with Crippen molar-refractivity contribution in [3.05, 3.63) is 29.2 Å². The molecular formula is C16H23N5O. The number of aromatic nitrogens is 4. The maximum atomic E-state index is 5.43. The topological polar surface area (TPSA) is 60.0 Å². The predicted molar refractivity (Wildman–Crippen MR) is 81.4 cm³/mol. The molecule has 1 aliphatic carbocycles. The first kappa shape index (κ1) is 13.9. The van der Waals surface area contributed by atoms with Gasteiger partial charge in [-0.3, -0.25) is 9.58 Å². The molecule has 2 aromatic rings. The highest BCUT2D eigenvalue weighted by atomic mass is 16.5. The lowest BCUT2D eigenvalue weighted by atomic mass is 10.2. The highest BCUT2D eigenvalue weighted by Crippen LogP contribution is 2.38. The molecule has 2 aliphatic rings. The molecule has 22 heavy (non-hydrogen) atoms. The molecule has 1 saturated carbocycles. The van der Waals surface area contributed by atoms with Crippen molar-refractivity contribution in [2.24, 2.45) is 0 Å². The van der Waals surface area contributed by atoms with E-state index in [0.29, 0.717) is 12.0 Å². The van der Waals surface area contributed by atoms with Crippen LogP contribution in [0, 0.1) is 13.8 Å². The van der Waals surface area contributed by atoms with Gasteiger partial charge in [-0.1, -0.05) is 5.16 Å². The molecule has 2 aromatic heterocycles. The van der Waals surface area contributed by atoms with E-state index in [1.165, 1.54) is 31.4 Å². The number of nitrogens with zero attached hydrogens (tertiary/aromatic N) is 5. The zero-order chi connectivity index (χ0) is 15.1. The third-order valence-electron chi connectivity index (χ3n) is 4.75. The summed E-state index contributed by atoms with van der Waals surface area (Å²) in [7, 11) is 0.